The average Bonchev–Trinajstić information content (AvgIpc) is 2.53. The molecule has 0 amide bonds. The van der Waals surface area contributed by atoms with E-state index in [2.05, 4.69) is 19.1 Å². The minimum atomic E-state index is -3.39. The van der Waals surface area contributed by atoms with E-state index in [0.29, 0.717) is 12.4 Å². The van der Waals surface area contributed by atoms with Crippen molar-refractivity contribution in [3.63, 3.8) is 0 Å². The van der Waals surface area contributed by atoms with Crippen molar-refractivity contribution in [1.29, 1.82) is 0 Å². The number of rotatable bonds is 7. The van der Waals surface area contributed by atoms with Gasteiger partial charge in [0.15, 0.2) is 0 Å². The second-order valence-electron chi connectivity index (χ2n) is 5.22. The Kier molecular flexibility index (Phi) is 6.10. The highest BCUT2D eigenvalue weighted by atomic mass is 32.2. The zero-order valence-corrected chi connectivity index (χ0v) is 15.2. The summed E-state index contributed by atoms with van der Waals surface area (Å²) in [7, 11) is -0.353. The van der Waals surface area contributed by atoms with E-state index >= 15 is 0 Å². The maximum atomic E-state index is 12.0. The van der Waals surface area contributed by atoms with Gasteiger partial charge in [-0.15, -0.1) is 11.8 Å². The van der Waals surface area contributed by atoms with Crippen molar-refractivity contribution >= 4 is 21.8 Å². The lowest BCUT2D eigenvalue weighted by atomic mass is 10.2. The highest BCUT2D eigenvalue weighted by molar-refractivity contribution is 7.99. The van der Waals surface area contributed by atoms with Gasteiger partial charge >= 0.3 is 0 Å². The summed E-state index contributed by atoms with van der Waals surface area (Å²) in [5, 5.41) is 0. The molecule has 0 unspecified atom stereocenters. The van der Waals surface area contributed by atoms with Gasteiger partial charge in [0, 0.05) is 24.7 Å². The summed E-state index contributed by atoms with van der Waals surface area (Å²) in [5.74, 6) is 1.51. The van der Waals surface area contributed by atoms with E-state index in [4.69, 9.17) is 4.74 Å². The first-order valence-electron chi connectivity index (χ1n) is 7.25. The fourth-order valence-electron chi connectivity index (χ4n) is 1.95. The Morgan fingerprint density at radius 3 is 2.30 bits per heavy atom. The van der Waals surface area contributed by atoms with Crippen molar-refractivity contribution in [3.8, 4) is 5.75 Å². The average molecular weight is 351 g/mol. The van der Waals surface area contributed by atoms with Crippen LogP contribution in [0.25, 0.3) is 0 Å². The molecule has 23 heavy (non-hydrogen) atoms. The molecule has 0 N–H and O–H groups in total. The summed E-state index contributed by atoms with van der Waals surface area (Å²) in [6.45, 7) is 2.66. The summed E-state index contributed by atoms with van der Waals surface area (Å²) >= 11 is 1.75. The molecule has 0 spiro atoms. The Morgan fingerprint density at radius 1 is 1.04 bits per heavy atom. The maximum absolute atomic E-state index is 12.0. The molecule has 0 aromatic heterocycles. The molecule has 0 fully saturated rings. The van der Waals surface area contributed by atoms with E-state index in [1.54, 1.807) is 36.0 Å². The van der Waals surface area contributed by atoms with Gasteiger partial charge in [-0.3, -0.25) is 0 Å². The van der Waals surface area contributed by atoms with Crippen LogP contribution in [-0.4, -0.2) is 39.2 Å². The lowest BCUT2D eigenvalue weighted by Gasteiger charge is -2.12. The summed E-state index contributed by atoms with van der Waals surface area (Å²) < 4.78 is 30.8. The topological polar surface area (TPSA) is 46.6 Å². The molecule has 124 valence electrons. The molecule has 0 aliphatic rings. The van der Waals surface area contributed by atoms with E-state index in [-0.39, 0.29) is 4.90 Å². The standard InChI is InChI=1S/C17H21NO3S2/c1-14-6-4-5-7-17(14)22-13-12-21-15-8-10-16(11-9-15)23(19,20)18(2)3/h4-11H,12-13H2,1-3H3. The quantitative estimate of drug-likeness (QED) is 0.566. The van der Waals surface area contributed by atoms with Gasteiger partial charge in [-0.2, -0.15) is 0 Å². The second-order valence-corrected chi connectivity index (χ2v) is 8.51. The third-order valence-corrected chi connectivity index (χ3v) is 6.27. The van der Waals surface area contributed by atoms with Crippen molar-refractivity contribution in [2.24, 2.45) is 0 Å². The molecule has 0 bridgehead atoms. The number of aryl methyl sites for hydroxylation is 1. The normalized spacial score (nSPS) is 11.7. The monoisotopic (exact) mass is 351 g/mol. The first kappa shape index (κ1) is 17.8. The fourth-order valence-corrected chi connectivity index (χ4v) is 3.71. The number of thioether (sulfide) groups is 1. The summed E-state index contributed by atoms with van der Waals surface area (Å²) in [5.41, 5.74) is 1.26. The molecule has 2 aromatic carbocycles. The fraction of sp³-hybridized carbons (Fsp3) is 0.294. The molecule has 0 radical (unpaired) electrons. The zero-order valence-electron chi connectivity index (χ0n) is 13.5. The Hall–Kier alpha value is -1.50. The van der Waals surface area contributed by atoms with Crippen LogP contribution in [0.2, 0.25) is 0 Å². The van der Waals surface area contributed by atoms with Crippen molar-refractivity contribution in [1.82, 2.24) is 4.31 Å². The van der Waals surface area contributed by atoms with E-state index < -0.39 is 10.0 Å². The van der Waals surface area contributed by atoms with Gasteiger partial charge in [0.2, 0.25) is 10.0 Å². The van der Waals surface area contributed by atoms with E-state index in [1.807, 2.05) is 12.1 Å². The minimum Gasteiger partial charge on any atom is -0.493 e. The predicted molar refractivity (Wildman–Crippen MR) is 94.7 cm³/mol. The predicted octanol–water partition coefficient (Wildman–Crippen LogP) is 3.42. The maximum Gasteiger partial charge on any atom is 0.242 e. The molecule has 0 saturated heterocycles. The number of ether oxygens (including phenoxy) is 1. The third-order valence-electron chi connectivity index (χ3n) is 3.31. The molecule has 0 heterocycles. The van der Waals surface area contributed by atoms with E-state index in [0.717, 1.165) is 5.75 Å². The molecule has 2 rings (SSSR count). The summed E-state index contributed by atoms with van der Waals surface area (Å²) in [6, 6.07) is 14.8. The molecule has 4 nitrogen and oxygen atoms in total. The molecule has 2 aromatic rings. The van der Waals surface area contributed by atoms with E-state index in [9.17, 15) is 8.42 Å². The molecule has 6 heteroatoms. The van der Waals surface area contributed by atoms with Crippen molar-refractivity contribution < 1.29 is 13.2 Å². The second kappa shape index (κ2) is 7.86. The molecule has 0 saturated carbocycles. The van der Waals surface area contributed by atoms with Crippen LogP contribution in [0, 0.1) is 6.92 Å². The van der Waals surface area contributed by atoms with Crippen molar-refractivity contribution in [2.75, 3.05) is 26.5 Å². The Balaban J connectivity index is 1.86. The van der Waals surface area contributed by atoms with Gasteiger partial charge < -0.3 is 4.74 Å². The van der Waals surface area contributed by atoms with Crippen molar-refractivity contribution in [2.45, 2.75) is 16.7 Å². The van der Waals surface area contributed by atoms with Crippen molar-refractivity contribution in [3.05, 3.63) is 54.1 Å². The highest BCUT2D eigenvalue weighted by Gasteiger charge is 2.16. The van der Waals surface area contributed by atoms with Crippen LogP contribution in [0.3, 0.4) is 0 Å². The van der Waals surface area contributed by atoms with Crippen LogP contribution in [0.5, 0.6) is 5.75 Å². The Bertz CT molecular complexity index is 741. The molecule has 0 atom stereocenters. The molecule has 0 aliphatic carbocycles. The van der Waals surface area contributed by atoms with E-state index in [1.165, 1.54) is 28.9 Å². The van der Waals surface area contributed by atoms with Gasteiger partial charge in [-0.1, -0.05) is 18.2 Å². The van der Waals surface area contributed by atoms with Gasteiger partial charge in [-0.05, 0) is 42.8 Å². The van der Waals surface area contributed by atoms with Crippen LogP contribution >= 0.6 is 11.8 Å². The number of benzene rings is 2. The lowest BCUT2D eigenvalue weighted by molar-refractivity contribution is 0.343. The number of sulfonamides is 1. The van der Waals surface area contributed by atoms with Crippen LogP contribution in [-0.2, 0) is 10.0 Å². The number of hydrogen-bond donors (Lipinski definition) is 0. The minimum absolute atomic E-state index is 0.268. The summed E-state index contributed by atoms with van der Waals surface area (Å²) in [6.07, 6.45) is 0. The van der Waals surface area contributed by atoms with Crippen LogP contribution < -0.4 is 4.74 Å². The lowest BCUT2D eigenvalue weighted by Crippen LogP contribution is -2.22. The molecule has 0 aliphatic heterocycles. The zero-order chi connectivity index (χ0) is 16.9. The number of hydrogen-bond acceptors (Lipinski definition) is 4. The van der Waals surface area contributed by atoms with Crippen LogP contribution in [0.4, 0.5) is 0 Å². The SMILES string of the molecule is Cc1ccccc1SCCOc1ccc(S(=O)(=O)N(C)C)cc1. The Morgan fingerprint density at radius 2 is 1.70 bits per heavy atom. The van der Waals surface area contributed by atoms with Gasteiger partial charge in [0.1, 0.15) is 5.75 Å². The van der Waals surface area contributed by atoms with Gasteiger partial charge in [0.05, 0.1) is 11.5 Å². The Labute approximate surface area is 142 Å². The smallest absolute Gasteiger partial charge is 0.242 e. The van der Waals surface area contributed by atoms with Gasteiger partial charge in [-0.25, -0.2) is 12.7 Å². The third kappa shape index (κ3) is 4.73. The van der Waals surface area contributed by atoms with Crippen LogP contribution in [0.1, 0.15) is 5.56 Å². The first-order valence-corrected chi connectivity index (χ1v) is 9.67. The van der Waals surface area contributed by atoms with Crippen LogP contribution in [0.15, 0.2) is 58.3 Å². The first-order chi connectivity index (χ1) is 10.9. The number of nitrogens with zero attached hydrogens (tertiary/aromatic N) is 1. The van der Waals surface area contributed by atoms with Gasteiger partial charge in [0.25, 0.3) is 0 Å². The summed E-state index contributed by atoms with van der Waals surface area (Å²) in [4.78, 5) is 1.52. The molecular weight excluding hydrogens is 330 g/mol. The molecular formula is C17H21NO3S2. The highest BCUT2D eigenvalue weighted by Crippen LogP contribution is 2.22. The largest absolute Gasteiger partial charge is 0.493 e.